The van der Waals surface area contributed by atoms with Crippen molar-refractivity contribution in [2.24, 2.45) is 0 Å². The average Bonchev–Trinajstić information content (AvgIpc) is 2.78. The molecule has 3 rings (SSSR count). The lowest BCUT2D eigenvalue weighted by atomic mass is 10.2. The number of benzene rings is 1. The minimum Gasteiger partial charge on any atom is -0.306 e. The number of hydrogen-bond donors (Lipinski definition) is 3. The molecule has 1 aliphatic rings. The molecule has 0 atom stereocenters. The molecule has 24 heavy (non-hydrogen) atoms. The van der Waals surface area contributed by atoms with E-state index in [9.17, 15) is 13.2 Å². The summed E-state index contributed by atoms with van der Waals surface area (Å²) in [7, 11) is -3.51. The normalized spacial score (nSPS) is 14.6. The lowest BCUT2D eigenvalue weighted by Crippen LogP contribution is -2.21. The molecule has 2 aromatic rings. The molecule has 126 valence electrons. The van der Waals surface area contributed by atoms with Crippen LogP contribution >= 0.6 is 34.8 Å². The molecule has 0 saturated heterocycles. The van der Waals surface area contributed by atoms with Gasteiger partial charge < -0.3 is 5.32 Å². The van der Waals surface area contributed by atoms with Crippen LogP contribution in [0.2, 0.25) is 15.2 Å². The number of nitrogens with one attached hydrogen (secondary N) is 3. The van der Waals surface area contributed by atoms with Gasteiger partial charge in [-0.25, -0.2) is 18.2 Å². The van der Waals surface area contributed by atoms with Crippen LogP contribution < -0.4 is 15.4 Å². The third kappa shape index (κ3) is 3.51. The summed E-state index contributed by atoms with van der Waals surface area (Å²) < 4.78 is 25.7. The van der Waals surface area contributed by atoms with E-state index in [4.69, 9.17) is 34.8 Å². The number of pyridine rings is 1. The summed E-state index contributed by atoms with van der Waals surface area (Å²) in [5, 5.41) is 5.47. The van der Waals surface area contributed by atoms with Gasteiger partial charge in [0, 0.05) is 0 Å². The van der Waals surface area contributed by atoms with E-state index in [1.54, 1.807) is 18.2 Å². The monoisotopic (exact) mass is 406 g/mol. The predicted molar refractivity (Wildman–Crippen MR) is 94.6 cm³/mol. The number of anilines is 3. The Kier molecular flexibility index (Phi) is 4.48. The molecule has 0 unspecified atom stereocenters. The van der Waals surface area contributed by atoms with Crippen molar-refractivity contribution >= 4 is 68.0 Å². The number of carbonyl (C=O) groups is 1. The number of urea groups is 1. The number of carbonyl (C=O) groups excluding carboxylic acids is 1. The summed E-state index contributed by atoms with van der Waals surface area (Å²) in [4.78, 5) is 16.1. The highest BCUT2D eigenvalue weighted by molar-refractivity contribution is 7.92. The maximum absolute atomic E-state index is 12.1. The average molecular weight is 408 g/mol. The summed E-state index contributed by atoms with van der Waals surface area (Å²) in [6, 6.07) is 5.50. The van der Waals surface area contributed by atoms with Crippen LogP contribution in [-0.4, -0.2) is 19.4 Å². The Morgan fingerprint density at radius 3 is 2.71 bits per heavy atom. The summed E-state index contributed by atoms with van der Waals surface area (Å²) in [6.07, 6.45) is 0. The van der Waals surface area contributed by atoms with Gasteiger partial charge in [0.2, 0.25) is 10.0 Å². The molecule has 0 bridgehead atoms. The molecule has 2 heterocycles. The fourth-order valence-corrected chi connectivity index (χ4v) is 3.95. The summed E-state index contributed by atoms with van der Waals surface area (Å²) in [6.45, 7) is 0. The number of hydrogen-bond acceptors (Lipinski definition) is 4. The third-order valence-corrected chi connectivity index (χ3v) is 5.32. The molecule has 0 fully saturated rings. The number of amides is 2. The van der Waals surface area contributed by atoms with Gasteiger partial charge >= 0.3 is 6.03 Å². The largest absolute Gasteiger partial charge is 0.324 e. The highest BCUT2D eigenvalue weighted by Gasteiger charge is 2.28. The van der Waals surface area contributed by atoms with Crippen molar-refractivity contribution in [3.05, 3.63) is 45.0 Å². The molecule has 7 nitrogen and oxygen atoms in total. The Bertz CT molecular complexity index is 950. The first-order valence-electron chi connectivity index (χ1n) is 6.47. The third-order valence-electron chi connectivity index (χ3n) is 3.10. The second kappa shape index (κ2) is 6.29. The van der Waals surface area contributed by atoms with E-state index in [0.717, 1.165) is 0 Å². The van der Waals surface area contributed by atoms with Gasteiger partial charge in [-0.2, -0.15) is 0 Å². The molecule has 11 heteroatoms. The van der Waals surface area contributed by atoms with Crippen LogP contribution in [0.3, 0.4) is 0 Å². The quantitative estimate of drug-likeness (QED) is 0.656. The van der Waals surface area contributed by atoms with Gasteiger partial charge in [0.25, 0.3) is 0 Å². The fraction of sp³-hybridized carbons (Fsp3) is 0.0769. The van der Waals surface area contributed by atoms with Gasteiger partial charge in [0.1, 0.15) is 5.15 Å². The summed E-state index contributed by atoms with van der Waals surface area (Å²) in [5.41, 5.74) is 0.902. The van der Waals surface area contributed by atoms with Crippen molar-refractivity contribution in [3.8, 4) is 0 Å². The fourth-order valence-electron chi connectivity index (χ4n) is 2.14. The highest BCUT2D eigenvalue weighted by atomic mass is 35.5. The first-order chi connectivity index (χ1) is 11.2. The number of rotatable bonds is 2. The molecule has 1 aromatic heterocycles. The Morgan fingerprint density at radius 1 is 1.21 bits per heavy atom. The predicted octanol–water partition coefficient (Wildman–Crippen LogP) is 3.94. The zero-order chi connectivity index (χ0) is 17.5. The number of fused-ring (bicyclic) bond motifs is 1. The summed E-state index contributed by atoms with van der Waals surface area (Å²) in [5.74, 6) is -0.240. The van der Waals surface area contributed by atoms with Crippen molar-refractivity contribution in [3.63, 3.8) is 0 Å². The number of sulfonamides is 1. The molecule has 1 aliphatic heterocycles. The number of halogens is 3. The molecule has 3 N–H and O–H groups in total. The smallest absolute Gasteiger partial charge is 0.306 e. The maximum atomic E-state index is 12.1. The molecular weight excluding hydrogens is 399 g/mol. The van der Waals surface area contributed by atoms with Gasteiger partial charge in [-0.15, -0.1) is 0 Å². The van der Waals surface area contributed by atoms with Crippen LogP contribution in [0.4, 0.5) is 22.0 Å². The van der Waals surface area contributed by atoms with Crippen LogP contribution in [0, 0.1) is 0 Å². The van der Waals surface area contributed by atoms with Gasteiger partial charge in [-0.05, 0) is 23.8 Å². The van der Waals surface area contributed by atoms with E-state index in [0.29, 0.717) is 11.3 Å². The van der Waals surface area contributed by atoms with Crippen molar-refractivity contribution in [2.75, 3.05) is 15.4 Å². The van der Waals surface area contributed by atoms with Crippen LogP contribution in [0.5, 0.6) is 0 Å². The molecule has 2 amide bonds. The molecule has 0 aliphatic carbocycles. The number of aromatic nitrogens is 1. The lowest BCUT2D eigenvalue weighted by molar-refractivity contribution is 0.262. The van der Waals surface area contributed by atoms with Crippen LogP contribution in [0.25, 0.3) is 0 Å². The standard InChI is InChI=1S/C13H9Cl3N4O3S/c14-7-2-1-3-8(10(7)16)17-13(21)19-12-11-6(4-9(15)18-12)5-24(22,23)20-11/h1-4,20H,5H2,(H2,17,18,19,21). The Balaban J connectivity index is 1.85. The first kappa shape index (κ1) is 17.1. The van der Waals surface area contributed by atoms with Crippen molar-refractivity contribution in [1.29, 1.82) is 0 Å². The SMILES string of the molecule is O=C(Nc1cccc(Cl)c1Cl)Nc1nc(Cl)cc2c1NS(=O)(=O)C2. The Labute approximate surface area is 152 Å². The Hall–Kier alpha value is -1.74. The van der Waals surface area contributed by atoms with Crippen LogP contribution in [-0.2, 0) is 15.8 Å². The number of nitrogens with zero attached hydrogens (tertiary/aromatic N) is 1. The van der Waals surface area contributed by atoms with Crippen molar-refractivity contribution in [1.82, 2.24) is 4.98 Å². The molecule has 0 radical (unpaired) electrons. The summed E-state index contributed by atoms with van der Waals surface area (Å²) >= 11 is 17.7. The maximum Gasteiger partial charge on any atom is 0.324 e. The van der Waals surface area contributed by atoms with Crippen LogP contribution in [0.15, 0.2) is 24.3 Å². The molecule has 0 spiro atoms. The van der Waals surface area contributed by atoms with E-state index in [1.165, 1.54) is 6.07 Å². The second-order valence-corrected chi connectivity index (χ2v) is 7.76. The minimum atomic E-state index is -3.51. The zero-order valence-electron chi connectivity index (χ0n) is 11.7. The second-order valence-electron chi connectivity index (χ2n) is 4.87. The highest BCUT2D eigenvalue weighted by Crippen LogP contribution is 2.35. The van der Waals surface area contributed by atoms with Crippen LogP contribution in [0.1, 0.15) is 5.56 Å². The zero-order valence-corrected chi connectivity index (χ0v) is 14.8. The van der Waals surface area contributed by atoms with E-state index in [2.05, 4.69) is 20.3 Å². The van der Waals surface area contributed by atoms with E-state index < -0.39 is 16.1 Å². The topological polar surface area (TPSA) is 100 Å². The Morgan fingerprint density at radius 2 is 1.96 bits per heavy atom. The molecule has 0 saturated carbocycles. The van der Waals surface area contributed by atoms with E-state index in [-0.39, 0.29) is 32.5 Å². The van der Waals surface area contributed by atoms with Gasteiger partial charge in [0.15, 0.2) is 5.82 Å². The van der Waals surface area contributed by atoms with E-state index in [1.807, 2.05) is 0 Å². The molecular formula is C13H9Cl3N4O3S. The van der Waals surface area contributed by atoms with Gasteiger partial charge in [-0.1, -0.05) is 40.9 Å². The van der Waals surface area contributed by atoms with Gasteiger partial charge in [0.05, 0.1) is 27.2 Å². The lowest BCUT2D eigenvalue weighted by Gasteiger charge is -2.11. The first-order valence-corrected chi connectivity index (χ1v) is 9.26. The minimum absolute atomic E-state index is 0.00535. The van der Waals surface area contributed by atoms with Crippen molar-refractivity contribution in [2.45, 2.75) is 5.75 Å². The molecule has 1 aromatic carbocycles. The van der Waals surface area contributed by atoms with Crippen molar-refractivity contribution < 1.29 is 13.2 Å². The van der Waals surface area contributed by atoms with E-state index >= 15 is 0 Å². The van der Waals surface area contributed by atoms with Gasteiger partial charge in [-0.3, -0.25) is 10.0 Å².